The zero-order valence-electron chi connectivity index (χ0n) is 8.04. The van der Waals surface area contributed by atoms with Crippen LogP contribution in [-0.2, 0) is 9.53 Å². The number of carboxylic acid groups (broad SMARTS) is 1. The number of carboxylic acids is 1. The molecule has 15 heavy (non-hydrogen) atoms. The number of ether oxygens (including phenoxy) is 1. The van der Waals surface area contributed by atoms with Crippen LogP contribution in [0.2, 0.25) is 10.0 Å². The van der Waals surface area contributed by atoms with Crippen LogP contribution < -0.4 is 0 Å². The highest BCUT2D eigenvalue weighted by molar-refractivity contribution is 6.36. The molecule has 0 bridgehead atoms. The van der Waals surface area contributed by atoms with Crippen molar-refractivity contribution in [3.05, 3.63) is 33.8 Å². The number of aliphatic carboxylic acids is 1. The number of halogens is 2. The summed E-state index contributed by atoms with van der Waals surface area (Å²) in [6.45, 7) is 1.99. The Morgan fingerprint density at radius 3 is 2.40 bits per heavy atom. The van der Waals surface area contributed by atoms with E-state index in [9.17, 15) is 4.79 Å². The number of hydrogen-bond donors (Lipinski definition) is 1. The van der Waals surface area contributed by atoms with Crippen molar-refractivity contribution in [3.63, 3.8) is 0 Å². The van der Waals surface area contributed by atoms with Gasteiger partial charge in [-0.05, 0) is 19.1 Å². The summed E-state index contributed by atoms with van der Waals surface area (Å²) >= 11 is 11.8. The van der Waals surface area contributed by atoms with Gasteiger partial charge in [0.25, 0.3) is 0 Å². The van der Waals surface area contributed by atoms with Gasteiger partial charge in [-0.3, -0.25) is 0 Å². The summed E-state index contributed by atoms with van der Waals surface area (Å²) < 4.78 is 5.08. The number of rotatable bonds is 4. The molecule has 0 aromatic heterocycles. The molecule has 0 aliphatic rings. The molecule has 0 saturated carbocycles. The lowest BCUT2D eigenvalue weighted by Crippen LogP contribution is -2.16. The second kappa shape index (κ2) is 5.35. The first-order valence-corrected chi connectivity index (χ1v) is 5.11. The lowest BCUT2D eigenvalue weighted by atomic mass is 10.1. The molecule has 82 valence electrons. The lowest BCUT2D eigenvalue weighted by Gasteiger charge is -2.15. The minimum atomic E-state index is -1.11. The fourth-order valence-corrected chi connectivity index (χ4v) is 1.80. The molecule has 1 aromatic rings. The van der Waals surface area contributed by atoms with Crippen molar-refractivity contribution in [2.45, 2.75) is 13.0 Å². The first-order valence-electron chi connectivity index (χ1n) is 4.36. The predicted molar refractivity (Wildman–Crippen MR) is 58.5 cm³/mol. The smallest absolute Gasteiger partial charge is 0.337 e. The van der Waals surface area contributed by atoms with E-state index in [1.54, 1.807) is 25.1 Å². The van der Waals surface area contributed by atoms with E-state index in [4.69, 9.17) is 33.0 Å². The van der Waals surface area contributed by atoms with Crippen LogP contribution in [0.4, 0.5) is 0 Å². The summed E-state index contributed by atoms with van der Waals surface area (Å²) in [5, 5.41) is 9.55. The van der Waals surface area contributed by atoms with Gasteiger partial charge in [-0.15, -0.1) is 0 Å². The maximum atomic E-state index is 11.0. The molecule has 0 spiro atoms. The molecule has 0 fully saturated rings. The average Bonchev–Trinajstić information content (AvgIpc) is 2.15. The van der Waals surface area contributed by atoms with E-state index < -0.39 is 12.1 Å². The standard InChI is InChI=1S/C10H10Cl2O3/c1-2-15-9(10(13)14)8-6(11)4-3-5-7(8)12/h3-5,9H,2H2,1H3,(H,13,14). The summed E-state index contributed by atoms with van der Waals surface area (Å²) in [4.78, 5) is 11.0. The molecule has 0 aliphatic heterocycles. The second-order valence-corrected chi connectivity index (χ2v) is 3.62. The van der Waals surface area contributed by atoms with E-state index in [-0.39, 0.29) is 6.61 Å². The Hall–Kier alpha value is -0.770. The molecular weight excluding hydrogens is 239 g/mol. The van der Waals surface area contributed by atoms with E-state index in [0.717, 1.165) is 0 Å². The van der Waals surface area contributed by atoms with Gasteiger partial charge in [0.1, 0.15) is 0 Å². The Morgan fingerprint density at radius 1 is 1.47 bits per heavy atom. The Bertz CT molecular complexity index is 345. The van der Waals surface area contributed by atoms with E-state index in [0.29, 0.717) is 15.6 Å². The van der Waals surface area contributed by atoms with E-state index in [1.165, 1.54) is 0 Å². The number of benzene rings is 1. The molecule has 5 heteroatoms. The van der Waals surface area contributed by atoms with Crippen LogP contribution in [0, 0.1) is 0 Å². The summed E-state index contributed by atoms with van der Waals surface area (Å²) in [6.07, 6.45) is -1.11. The minimum absolute atomic E-state index is 0.276. The fraction of sp³-hybridized carbons (Fsp3) is 0.300. The van der Waals surface area contributed by atoms with Crippen molar-refractivity contribution >= 4 is 29.2 Å². The highest BCUT2D eigenvalue weighted by atomic mass is 35.5. The van der Waals surface area contributed by atoms with Crippen molar-refractivity contribution < 1.29 is 14.6 Å². The van der Waals surface area contributed by atoms with Gasteiger partial charge in [-0.1, -0.05) is 29.3 Å². The zero-order valence-corrected chi connectivity index (χ0v) is 9.55. The third-order valence-corrected chi connectivity index (χ3v) is 2.48. The minimum Gasteiger partial charge on any atom is -0.479 e. The fourth-order valence-electron chi connectivity index (χ4n) is 1.21. The predicted octanol–water partition coefficient (Wildman–Crippen LogP) is 3.16. The van der Waals surface area contributed by atoms with Gasteiger partial charge >= 0.3 is 5.97 Å². The quantitative estimate of drug-likeness (QED) is 0.891. The van der Waals surface area contributed by atoms with E-state index in [2.05, 4.69) is 0 Å². The highest BCUT2D eigenvalue weighted by Gasteiger charge is 2.24. The molecule has 1 aromatic carbocycles. The molecule has 0 heterocycles. The lowest BCUT2D eigenvalue weighted by molar-refractivity contribution is -0.150. The van der Waals surface area contributed by atoms with Crippen molar-refractivity contribution in [1.82, 2.24) is 0 Å². The van der Waals surface area contributed by atoms with Crippen LogP contribution in [0.3, 0.4) is 0 Å². The van der Waals surface area contributed by atoms with Crippen molar-refractivity contribution in [3.8, 4) is 0 Å². The maximum Gasteiger partial charge on any atom is 0.337 e. The molecule has 0 aliphatic carbocycles. The van der Waals surface area contributed by atoms with Gasteiger partial charge in [0, 0.05) is 22.2 Å². The normalized spacial score (nSPS) is 12.5. The van der Waals surface area contributed by atoms with Crippen LogP contribution in [-0.4, -0.2) is 17.7 Å². The molecule has 1 unspecified atom stereocenters. The molecular formula is C10H10Cl2O3. The van der Waals surface area contributed by atoms with Crippen LogP contribution in [0.5, 0.6) is 0 Å². The molecule has 1 N–H and O–H groups in total. The van der Waals surface area contributed by atoms with Crippen LogP contribution in [0.1, 0.15) is 18.6 Å². The molecule has 1 rings (SSSR count). The molecule has 0 amide bonds. The zero-order chi connectivity index (χ0) is 11.4. The second-order valence-electron chi connectivity index (χ2n) is 2.81. The monoisotopic (exact) mass is 248 g/mol. The van der Waals surface area contributed by atoms with Crippen LogP contribution >= 0.6 is 23.2 Å². The molecule has 0 saturated heterocycles. The molecule has 1 atom stereocenters. The van der Waals surface area contributed by atoms with Crippen LogP contribution in [0.25, 0.3) is 0 Å². The average molecular weight is 249 g/mol. The van der Waals surface area contributed by atoms with Gasteiger partial charge in [-0.2, -0.15) is 0 Å². The van der Waals surface area contributed by atoms with Crippen molar-refractivity contribution in [2.24, 2.45) is 0 Å². The van der Waals surface area contributed by atoms with E-state index >= 15 is 0 Å². The van der Waals surface area contributed by atoms with Gasteiger partial charge in [0.05, 0.1) is 0 Å². The molecule has 0 radical (unpaired) electrons. The third-order valence-electron chi connectivity index (χ3n) is 1.82. The first kappa shape index (κ1) is 12.3. The van der Waals surface area contributed by atoms with Gasteiger partial charge in [0.2, 0.25) is 0 Å². The summed E-state index contributed by atoms with van der Waals surface area (Å²) in [6, 6.07) is 4.81. The SMILES string of the molecule is CCOC(C(=O)O)c1c(Cl)cccc1Cl. The largest absolute Gasteiger partial charge is 0.479 e. The summed E-state index contributed by atoms with van der Waals surface area (Å²) in [5.41, 5.74) is 0.301. The topological polar surface area (TPSA) is 46.5 Å². The number of hydrogen-bond acceptors (Lipinski definition) is 2. The Balaban J connectivity index is 3.15. The Kier molecular flexibility index (Phi) is 4.39. The van der Waals surface area contributed by atoms with Gasteiger partial charge in [0.15, 0.2) is 6.10 Å². The Morgan fingerprint density at radius 2 is 2.00 bits per heavy atom. The summed E-state index contributed by atoms with van der Waals surface area (Å²) in [5.74, 6) is -1.10. The van der Waals surface area contributed by atoms with Crippen molar-refractivity contribution in [2.75, 3.05) is 6.61 Å². The summed E-state index contributed by atoms with van der Waals surface area (Å²) in [7, 11) is 0. The van der Waals surface area contributed by atoms with Crippen LogP contribution in [0.15, 0.2) is 18.2 Å². The third kappa shape index (κ3) is 2.84. The van der Waals surface area contributed by atoms with E-state index in [1.807, 2.05) is 0 Å². The first-order chi connectivity index (χ1) is 7.07. The maximum absolute atomic E-state index is 11.0. The Labute approximate surface area is 97.6 Å². The number of carbonyl (C=O) groups is 1. The highest BCUT2D eigenvalue weighted by Crippen LogP contribution is 2.32. The molecule has 3 nitrogen and oxygen atoms in total. The van der Waals surface area contributed by atoms with Gasteiger partial charge in [-0.25, -0.2) is 4.79 Å². The van der Waals surface area contributed by atoms with Crippen molar-refractivity contribution in [1.29, 1.82) is 0 Å². The van der Waals surface area contributed by atoms with Gasteiger partial charge < -0.3 is 9.84 Å².